The lowest BCUT2D eigenvalue weighted by Crippen LogP contribution is -2.99. The zero-order chi connectivity index (χ0) is 13.0. The molecule has 1 aromatic heterocycles. The Labute approximate surface area is 112 Å². The van der Waals surface area contributed by atoms with Crippen LogP contribution in [0.4, 0.5) is 11.4 Å². The minimum absolute atomic E-state index is 0.128. The molecule has 0 amide bonds. The molecule has 2 aromatic rings. The Morgan fingerprint density at radius 1 is 1.44 bits per heavy atom. The van der Waals surface area contributed by atoms with Gasteiger partial charge >= 0.3 is 0 Å². The van der Waals surface area contributed by atoms with Crippen molar-refractivity contribution in [3.63, 3.8) is 0 Å². The molecule has 0 aliphatic carbocycles. The minimum Gasteiger partial charge on any atom is -0.595 e. The molecule has 0 bridgehead atoms. The highest BCUT2D eigenvalue weighted by molar-refractivity contribution is 7.11. The van der Waals surface area contributed by atoms with E-state index in [1.54, 1.807) is 17.6 Å². The number of rotatable bonds is 4. The number of nitrogens with one attached hydrogen (secondary N) is 2. The lowest BCUT2D eigenvalue weighted by molar-refractivity contribution is -0.990. The maximum Gasteiger partial charge on any atom is 0.189 e. The molecule has 0 spiro atoms. The molecule has 1 unspecified atom stereocenters. The van der Waals surface area contributed by atoms with E-state index >= 15 is 0 Å². The number of halogens is 1. The van der Waals surface area contributed by atoms with Crippen LogP contribution in [-0.2, 0) is 0 Å². The number of nitrogens with zero attached hydrogens (tertiary/aromatic N) is 1. The van der Waals surface area contributed by atoms with Gasteiger partial charge in [0.05, 0.1) is 6.21 Å². The Bertz CT molecular complexity index is 543. The zero-order valence-corrected chi connectivity index (χ0v) is 10.7. The Morgan fingerprint density at radius 2 is 2.28 bits per heavy atom. The molecular weight excluding hydrogens is 274 g/mol. The van der Waals surface area contributed by atoms with Gasteiger partial charge in [-0.2, -0.15) is 10.3 Å². The molecule has 0 aliphatic rings. The van der Waals surface area contributed by atoms with E-state index in [0.29, 0.717) is 10.7 Å². The van der Waals surface area contributed by atoms with Crippen LogP contribution in [0.5, 0.6) is 0 Å². The van der Waals surface area contributed by atoms with Gasteiger partial charge in [-0.3, -0.25) is 5.43 Å². The van der Waals surface area contributed by atoms with Crippen LogP contribution in [0.3, 0.4) is 0 Å². The van der Waals surface area contributed by atoms with Gasteiger partial charge in [0.15, 0.2) is 5.69 Å². The second-order valence-corrected chi connectivity index (χ2v) is 4.80. The molecule has 0 saturated heterocycles. The summed E-state index contributed by atoms with van der Waals surface area (Å²) in [4.78, 5) is 0.974. The van der Waals surface area contributed by atoms with Crippen LogP contribution in [0.25, 0.3) is 0 Å². The van der Waals surface area contributed by atoms with Crippen molar-refractivity contribution < 1.29 is 10.4 Å². The average molecular weight is 284 g/mol. The molecule has 1 atom stereocenters. The van der Waals surface area contributed by atoms with Gasteiger partial charge in [0.25, 0.3) is 0 Å². The van der Waals surface area contributed by atoms with Crippen molar-refractivity contribution >= 4 is 40.5 Å². The number of hydrogen-bond acceptors (Lipinski definition) is 5. The van der Waals surface area contributed by atoms with Gasteiger partial charge in [-0.05, 0) is 23.6 Å². The van der Waals surface area contributed by atoms with E-state index in [4.69, 9.17) is 16.8 Å². The first-order valence-electron chi connectivity index (χ1n) is 5.02. The number of thiophene rings is 1. The summed E-state index contributed by atoms with van der Waals surface area (Å²) >= 11 is 7.36. The lowest BCUT2D eigenvalue weighted by atomic mass is 10.3. The van der Waals surface area contributed by atoms with Crippen molar-refractivity contribution in [3.05, 3.63) is 50.8 Å². The maximum absolute atomic E-state index is 11.0. The second-order valence-electron chi connectivity index (χ2n) is 3.38. The molecule has 2 rings (SSSR count). The van der Waals surface area contributed by atoms with Crippen molar-refractivity contribution in [3.8, 4) is 0 Å². The Balaban J connectivity index is 2.15. The first-order chi connectivity index (χ1) is 8.66. The van der Waals surface area contributed by atoms with Crippen LogP contribution < -0.4 is 10.7 Å². The maximum atomic E-state index is 11.0. The molecule has 0 radical (unpaired) electrons. The van der Waals surface area contributed by atoms with Crippen molar-refractivity contribution in [2.75, 3.05) is 5.43 Å². The highest BCUT2D eigenvalue weighted by atomic mass is 35.5. The number of hydrazone groups is 1. The van der Waals surface area contributed by atoms with Crippen LogP contribution in [0.1, 0.15) is 4.88 Å². The van der Waals surface area contributed by atoms with Crippen molar-refractivity contribution in [1.29, 1.82) is 0 Å². The Kier molecular flexibility index (Phi) is 4.29. The molecule has 3 N–H and O–H groups in total. The Morgan fingerprint density at radius 3 is 2.94 bits per heavy atom. The first-order valence-corrected chi connectivity index (χ1v) is 6.28. The summed E-state index contributed by atoms with van der Waals surface area (Å²) in [6.07, 6.45) is 1.62. The fraction of sp³-hybridized carbons (Fsp3) is 0. The number of hydrogen-bond donors (Lipinski definition) is 3. The predicted octanol–water partition coefficient (Wildman–Crippen LogP) is 2.25. The standard InChI is InChI=1S/C11H10ClN3O2S/c12-8-3-4-11(15(16)17)10(6-8)14-13-7-9-2-1-5-18-9/h1-7,14-16H/b13-7+. The third kappa shape index (κ3) is 3.28. The number of anilines is 1. The van der Waals surface area contributed by atoms with Gasteiger partial charge in [0, 0.05) is 16.0 Å². The number of quaternary nitrogens is 1. The van der Waals surface area contributed by atoms with Gasteiger partial charge < -0.3 is 5.21 Å². The highest BCUT2D eigenvalue weighted by Gasteiger charge is 2.08. The fourth-order valence-electron chi connectivity index (χ4n) is 1.33. The van der Waals surface area contributed by atoms with Crippen molar-refractivity contribution in [2.45, 2.75) is 0 Å². The van der Waals surface area contributed by atoms with Gasteiger partial charge in [-0.1, -0.05) is 17.7 Å². The molecule has 7 heteroatoms. The van der Waals surface area contributed by atoms with Crippen LogP contribution in [0.15, 0.2) is 40.8 Å². The number of benzene rings is 1. The van der Waals surface area contributed by atoms with Crippen LogP contribution >= 0.6 is 22.9 Å². The van der Waals surface area contributed by atoms with Gasteiger partial charge in [-0.15, -0.1) is 11.3 Å². The van der Waals surface area contributed by atoms with E-state index in [9.17, 15) is 5.21 Å². The van der Waals surface area contributed by atoms with Crippen LogP contribution in [0.2, 0.25) is 5.02 Å². The van der Waals surface area contributed by atoms with E-state index in [-0.39, 0.29) is 5.69 Å². The third-order valence-corrected chi connectivity index (χ3v) is 3.17. The smallest absolute Gasteiger partial charge is 0.189 e. The van der Waals surface area contributed by atoms with E-state index in [1.807, 2.05) is 17.5 Å². The minimum atomic E-state index is -1.03. The van der Waals surface area contributed by atoms with E-state index in [1.165, 1.54) is 18.2 Å². The lowest BCUT2D eigenvalue weighted by Gasteiger charge is -2.15. The third-order valence-electron chi connectivity index (χ3n) is 2.13. The van der Waals surface area contributed by atoms with Gasteiger partial charge in [0.2, 0.25) is 0 Å². The first kappa shape index (κ1) is 13.0. The summed E-state index contributed by atoms with van der Waals surface area (Å²) in [6.45, 7) is 0. The van der Waals surface area contributed by atoms with E-state index < -0.39 is 5.23 Å². The fourth-order valence-corrected chi connectivity index (χ4v) is 2.08. The molecule has 0 fully saturated rings. The molecule has 18 heavy (non-hydrogen) atoms. The van der Waals surface area contributed by atoms with E-state index in [2.05, 4.69) is 10.5 Å². The SMILES string of the molecule is [O-][NH+](O)c1ccc(Cl)cc1N/N=C/c1cccs1. The summed E-state index contributed by atoms with van der Waals surface area (Å²) in [6, 6.07) is 8.31. The molecule has 94 valence electrons. The summed E-state index contributed by atoms with van der Waals surface area (Å²) in [5.74, 6) is 0. The zero-order valence-electron chi connectivity index (χ0n) is 9.13. The average Bonchev–Trinajstić information content (AvgIpc) is 2.82. The largest absolute Gasteiger partial charge is 0.595 e. The molecule has 1 aromatic carbocycles. The summed E-state index contributed by atoms with van der Waals surface area (Å²) in [5, 5.41) is 25.3. The molecule has 0 saturated carbocycles. The topological polar surface area (TPSA) is 72.1 Å². The summed E-state index contributed by atoms with van der Waals surface area (Å²) in [5.41, 5.74) is 3.18. The normalized spacial score (nSPS) is 12.8. The van der Waals surface area contributed by atoms with Crippen LogP contribution in [0, 0.1) is 5.21 Å². The summed E-state index contributed by atoms with van der Waals surface area (Å²) in [7, 11) is 0. The van der Waals surface area contributed by atoms with Gasteiger partial charge in [-0.25, -0.2) is 5.21 Å². The monoisotopic (exact) mass is 283 g/mol. The highest BCUT2D eigenvalue weighted by Crippen LogP contribution is 2.22. The predicted molar refractivity (Wildman–Crippen MR) is 72.8 cm³/mol. The molecule has 1 heterocycles. The van der Waals surface area contributed by atoms with Crippen LogP contribution in [-0.4, -0.2) is 11.4 Å². The quantitative estimate of drug-likeness (QED) is 0.595. The second kappa shape index (κ2) is 5.94. The molecular formula is C11H10ClN3O2S. The summed E-state index contributed by atoms with van der Waals surface area (Å²) < 4.78 is 0. The van der Waals surface area contributed by atoms with Crippen molar-refractivity contribution in [2.24, 2.45) is 5.10 Å². The van der Waals surface area contributed by atoms with Crippen molar-refractivity contribution in [1.82, 2.24) is 0 Å². The van der Waals surface area contributed by atoms with E-state index in [0.717, 1.165) is 4.88 Å². The van der Waals surface area contributed by atoms with Gasteiger partial charge in [0.1, 0.15) is 5.69 Å². The molecule has 5 nitrogen and oxygen atoms in total. The molecule has 0 aliphatic heterocycles. The Hall–Kier alpha value is -1.44.